The lowest BCUT2D eigenvalue weighted by molar-refractivity contribution is 0.316. The maximum atomic E-state index is 9.33. The van der Waals surface area contributed by atoms with Crippen LogP contribution in [0.3, 0.4) is 0 Å². The highest BCUT2D eigenvalue weighted by Gasteiger charge is 2.21. The van der Waals surface area contributed by atoms with E-state index in [9.17, 15) is 5.21 Å². The van der Waals surface area contributed by atoms with Crippen LogP contribution < -0.4 is 0 Å². The van der Waals surface area contributed by atoms with Crippen molar-refractivity contribution in [3.63, 3.8) is 0 Å². The molecular weight excluding hydrogens is 288 g/mol. The van der Waals surface area contributed by atoms with Crippen LogP contribution in [0.1, 0.15) is 38.5 Å². The van der Waals surface area contributed by atoms with E-state index >= 15 is 0 Å². The Morgan fingerprint density at radius 3 is 2.60 bits per heavy atom. The van der Waals surface area contributed by atoms with Gasteiger partial charge in [0.05, 0.1) is 17.5 Å². The van der Waals surface area contributed by atoms with Crippen molar-refractivity contribution in [2.24, 2.45) is 10.1 Å². The van der Waals surface area contributed by atoms with Gasteiger partial charge in [0.1, 0.15) is 4.38 Å². The molecule has 1 atom stereocenters. The SMILES string of the molecule is O/N=C1\CC/C=C/CC/C=C/CCC1SC1=NCCS1. The first-order valence-electron chi connectivity index (χ1n) is 7.25. The standard InChI is InChI=1S/C15H22N2OS2/c18-17-13-9-7-5-3-1-2-4-6-8-10-14(13)20-15-16-11-12-19-15/h3-6,14,18H,1-2,7-12H2/b5-3+,6-4+,17-13+. The minimum Gasteiger partial charge on any atom is -0.411 e. The lowest BCUT2D eigenvalue weighted by Crippen LogP contribution is -2.18. The van der Waals surface area contributed by atoms with Gasteiger partial charge in [0.15, 0.2) is 0 Å². The molecule has 2 rings (SSSR count). The summed E-state index contributed by atoms with van der Waals surface area (Å²) in [5, 5.41) is 13.2. The summed E-state index contributed by atoms with van der Waals surface area (Å²) in [5.74, 6) is 1.09. The van der Waals surface area contributed by atoms with E-state index in [2.05, 4.69) is 34.5 Å². The average molecular weight is 310 g/mol. The molecular formula is C15H22N2OS2. The topological polar surface area (TPSA) is 45.0 Å². The number of oxime groups is 1. The summed E-state index contributed by atoms with van der Waals surface area (Å²) in [5.41, 5.74) is 0.906. The van der Waals surface area contributed by atoms with Gasteiger partial charge < -0.3 is 5.21 Å². The third-order valence-electron chi connectivity index (χ3n) is 3.30. The largest absolute Gasteiger partial charge is 0.411 e. The molecule has 0 saturated heterocycles. The Morgan fingerprint density at radius 2 is 1.90 bits per heavy atom. The van der Waals surface area contributed by atoms with Gasteiger partial charge in [0, 0.05) is 5.75 Å². The summed E-state index contributed by atoms with van der Waals surface area (Å²) < 4.78 is 1.16. The van der Waals surface area contributed by atoms with Crippen LogP contribution in [0.4, 0.5) is 0 Å². The van der Waals surface area contributed by atoms with E-state index in [1.165, 1.54) is 0 Å². The van der Waals surface area contributed by atoms with Crippen molar-refractivity contribution in [1.29, 1.82) is 0 Å². The molecule has 0 spiro atoms. The smallest absolute Gasteiger partial charge is 0.125 e. The van der Waals surface area contributed by atoms with Crippen LogP contribution in [-0.2, 0) is 0 Å². The van der Waals surface area contributed by atoms with Gasteiger partial charge in [-0.2, -0.15) is 0 Å². The molecule has 0 saturated carbocycles. The quantitative estimate of drug-likeness (QED) is 0.441. The second-order valence-electron chi connectivity index (χ2n) is 4.83. The molecule has 1 aliphatic heterocycles. The molecule has 0 radical (unpaired) electrons. The van der Waals surface area contributed by atoms with Gasteiger partial charge in [-0.15, -0.1) is 0 Å². The Hall–Kier alpha value is -0.680. The molecule has 0 aromatic rings. The zero-order valence-electron chi connectivity index (χ0n) is 11.7. The molecule has 1 aliphatic carbocycles. The molecule has 0 amide bonds. The first kappa shape index (κ1) is 15.7. The van der Waals surface area contributed by atoms with E-state index in [1.54, 1.807) is 11.8 Å². The van der Waals surface area contributed by atoms with E-state index < -0.39 is 0 Å². The molecule has 0 fully saturated rings. The van der Waals surface area contributed by atoms with Crippen molar-refractivity contribution < 1.29 is 5.21 Å². The van der Waals surface area contributed by atoms with Crippen LogP contribution in [0, 0.1) is 0 Å². The van der Waals surface area contributed by atoms with Gasteiger partial charge in [0.2, 0.25) is 0 Å². The maximum Gasteiger partial charge on any atom is 0.125 e. The molecule has 2 aliphatic rings. The van der Waals surface area contributed by atoms with Crippen molar-refractivity contribution in [2.45, 2.75) is 43.8 Å². The first-order chi connectivity index (χ1) is 9.90. The number of thioether (sulfide) groups is 2. The molecule has 110 valence electrons. The fourth-order valence-electron chi connectivity index (χ4n) is 2.22. The third kappa shape index (κ3) is 5.37. The molecule has 3 nitrogen and oxygen atoms in total. The summed E-state index contributed by atoms with van der Waals surface area (Å²) in [6.07, 6.45) is 15.0. The Balaban J connectivity index is 2.01. The number of nitrogens with zero attached hydrogens (tertiary/aromatic N) is 2. The normalized spacial score (nSPS) is 30.3. The highest BCUT2D eigenvalue weighted by molar-refractivity contribution is 8.39. The van der Waals surface area contributed by atoms with E-state index in [1.807, 2.05) is 11.8 Å². The van der Waals surface area contributed by atoms with Crippen LogP contribution in [0.5, 0.6) is 0 Å². The van der Waals surface area contributed by atoms with E-state index in [-0.39, 0.29) is 5.25 Å². The second kappa shape index (κ2) is 9.29. The van der Waals surface area contributed by atoms with Crippen molar-refractivity contribution in [3.8, 4) is 0 Å². The molecule has 0 aromatic heterocycles. The minimum absolute atomic E-state index is 0.252. The lowest BCUT2D eigenvalue weighted by Gasteiger charge is -2.16. The van der Waals surface area contributed by atoms with Crippen molar-refractivity contribution in [1.82, 2.24) is 0 Å². The summed E-state index contributed by atoms with van der Waals surface area (Å²) in [6, 6.07) is 0. The molecule has 0 bridgehead atoms. The van der Waals surface area contributed by atoms with Crippen LogP contribution in [0.2, 0.25) is 0 Å². The summed E-state index contributed by atoms with van der Waals surface area (Å²) in [6.45, 7) is 0.925. The summed E-state index contributed by atoms with van der Waals surface area (Å²) in [7, 11) is 0. The van der Waals surface area contributed by atoms with Crippen LogP contribution in [0.25, 0.3) is 0 Å². The number of hydrogen-bond acceptors (Lipinski definition) is 5. The van der Waals surface area contributed by atoms with E-state index in [0.29, 0.717) is 0 Å². The van der Waals surface area contributed by atoms with Crippen molar-refractivity contribution >= 4 is 33.6 Å². The van der Waals surface area contributed by atoms with Crippen molar-refractivity contribution in [2.75, 3.05) is 12.3 Å². The molecule has 0 aromatic carbocycles. The highest BCUT2D eigenvalue weighted by Crippen LogP contribution is 2.30. The average Bonchev–Trinajstić information content (AvgIpc) is 2.95. The predicted molar refractivity (Wildman–Crippen MR) is 91.3 cm³/mol. The van der Waals surface area contributed by atoms with Crippen molar-refractivity contribution in [3.05, 3.63) is 24.3 Å². The second-order valence-corrected chi connectivity index (χ2v) is 7.36. The monoisotopic (exact) mass is 310 g/mol. The Kier molecular flexibility index (Phi) is 7.30. The fourth-order valence-corrected chi connectivity index (χ4v) is 4.59. The lowest BCUT2D eigenvalue weighted by atomic mass is 10.1. The summed E-state index contributed by atoms with van der Waals surface area (Å²) in [4.78, 5) is 4.50. The third-order valence-corrected chi connectivity index (χ3v) is 5.82. The van der Waals surface area contributed by atoms with Gasteiger partial charge in [-0.25, -0.2) is 0 Å². The van der Waals surface area contributed by atoms with Gasteiger partial charge in [-0.05, 0) is 38.5 Å². The number of rotatable bonds is 1. The van der Waals surface area contributed by atoms with Crippen LogP contribution in [0.15, 0.2) is 34.5 Å². The number of hydrogen-bond donors (Lipinski definition) is 1. The zero-order valence-corrected chi connectivity index (χ0v) is 13.3. The Bertz CT molecular complexity index is 416. The molecule has 5 heteroatoms. The van der Waals surface area contributed by atoms with Gasteiger partial charge >= 0.3 is 0 Å². The Labute approximate surface area is 129 Å². The number of aliphatic imine (C=N–C) groups is 1. The zero-order chi connectivity index (χ0) is 14.0. The fraction of sp³-hybridized carbons (Fsp3) is 0.600. The predicted octanol–water partition coefficient (Wildman–Crippen LogP) is 4.49. The van der Waals surface area contributed by atoms with E-state index in [4.69, 9.17) is 0 Å². The van der Waals surface area contributed by atoms with Gasteiger partial charge in [0.25, 0.3) is 0 Å². The van der Waals surface area contributed by atoms with Gasteiger partial charge in [-0.1, -0.05) is 53.0 Å². The molecule has 1 N–H and O–H groups in total. The van der Waals surface area contributed by atoms with Crippen LogP contribution in [-0.4, -0.2) is 32.8 Å². The molecule has 1 heterocycles. The number of allylic oxidation sites excluding steroid dienone is 4. The van der Waals surface area contributed by atoms with Gasteiger partial charge in [-0.3, -0.25) is 4.99 Å². The minimum atomic E-state index is 0.252. The summed E-state index contributed by atoms with van der Waals surface area (Å²) >= 11 is 3.60. The molecule has 20 heavy (non-hydrogen) atoms. The highest BCUT2D eigenvalue weighted by atomic mass is 32.2. The first-order valence-corrected chi connectivity index (χ1v) is 9.11. The van der Waals surface area contributed by atoms with Crippen LogP contribution >= 0.6 is 23.5 Å². The van der Waals surface area contributed by atoms with E-state index in [0.717, 1.165) is 60.9 Å². The molecule has 1 unspecified atom stereocenters. The maximum absolute atomic E-state index is 9.33. The Morgan fingerprint density at radius 1 is 1.15 bits per heavy atom.